The summed E-state index contributed by atoms with van der Waals surface area (Å²) in [7, 11) is 3.09. The lowest BCUT2D eigenvalue weighted by atomic mass is 10.1. The Morgan fingerprint density at radius 2 is 1.60 bits per heavy atom. The highest BCUT2D eigenvalue weighted by Crippen LogP contribution is 2.30. The van der Waals surface area contributed by atoms with Gasteiger partial charge in [0.1, 0.15) is 6.04 Å². The highest BCUT2D eigenvalue weighted by Gasteiger charge is 2.46. The van der Waals surface area contributed by atoms with Gasteiger partial charge in [-0.3, -0.25) is 9.59 Å². The summed E-state index contributed by atoms with van der Waals surface area (Å²) < 4.78 is 15.6. The molecule has 1 N–H and O–H groups in total. The quantitative estimate of drug-likeness (QED) is 0.282. The number of esters is 1. The molecule has 1 fully saturated rings. The van der Waals surface area contributed by atoms with Crippen molar-refractivity contribution in [2.45, 2.75) is 25.8 Å². The van der Waals surface area contributed by atoms with Crippen molar-refractivity contribution in [3.05, 3.63) is 83.9 Å². The number of benzene rings is 3. The topological polar surface area (TPSA) is 114 Å². The van der Waals surface area contributed by atoms with Gasteiger partial charge < -0.3 is 24.4 Å². The molecule has 3 aromatic carbocycles. The van der Waals surface area contributed by atoms with Crippen LogP contribution in [-0.2, 0) is 20.7 Å². The van der Waals surface area contributed by atoms with E-state index in [-0.39, 0.29) is 19.6 Å². The van der Waals surface area contributed by atoms with Crippen molar-refractivity contribution in [1.29, 1.82) is 0 Å². The van der Waals surface area contributed by atoms with E-state index in [0.717, 1.165) is 10.5 Å². The molecule has 1 saturated heterocycles. The summed E-state index contributed by atoms with van der Waals surface area (Å²) in [6.45, 7) is 2.18. The molecule has 1 heterocycles. The van der Waals surface area contributed by atoms with Gasteiger partial charge in [-0.1, -0.05) is 24.3 Å². The van der Waals surface area contributed by atoms with Crippen molar-refractivity contribution in [2.75, 3.05) is 37.6 Å². The number of methoxy groups -OCH3 is 2. The second kappa shape index (κ2) is 12.8. The molecular weight excluding hydrogens is 514 g/mol. The number of imide groups is 1. The third-order valence-electron chi connectivity index (χ3n) is 6.48. The lowest BCUT2D eigenvalue weighted by molar-refractivity contribution is -0.124. The Hall–Kier alpha value is -4.86. The Morgan fingerprint density at radius 3 is 2.25 bits per heavy atom. The van der Waals surface area contributed by atoms with E-state index in [1.165, 1.54) is 4.90 Å². The van der Waals surface area contributed by atoms with E-state index in [4.69, 9.17) is 14.2 Å². The number of nitrogens with zero attached hydrogens (tertiary/aromatic N) is 2. The van der Waals surface area contributed by atoms with Crippen molar-refractivity contribution in [1.82, 2.24) is 4.90 Å². The molecule has 0 aliphatic carbocycles. The largest absolute Gasteiger partial charge is 0.493 e. The number of anilines is 2. The van der Waals surface area contributed by atoms with Gasteiger partial charge in [0.2, 0.25) is 5.91 Å². The fourth-order valence-electron chi connectivity index (χ4n) is 4.48. The van der Waals surface area contributed by atoms with E-state index in [1.54, 1.807) is 81.8 Å². The third kappa shape index (κ3) is 6.23. The molecule has 1 aliphatic heterocycles. The summed E-state index contributed by atoms with van der Waals surface area (Å²) in [6, 6.07) is 18.8. The van der Waals surface area contributed by atoms with Crippen LogP contribution in [0, 0.1) is 0 Å². The fraction of sp³-hybridized carbons (Fsp3) is 0.267. The van der Waals surface area contributed by atoms with Gasteiger partial charge in [-0.25, -0.2) is 14.5 Å². The van der Waals surface area contributed by atoms with E-state index in [2.05, 4.69) is 5.32 Å². The summed E-state index contributed by atoms with van der Waals surface area (Å²) in [6.07, 6.45) is 0.189. The summed E-state index contributed by atoms with van der Waals surface area (Å²) in [4.78, 5) is 54.4. The summed E-state index contributed by atoms with van der Waals surface area (Å²) in [5.74, 6) is -0.239. The van der Waals surface area contributed by atoms with Gasteiger partial charge in [0, 0.05) is 12.2 Å². The van der Waals surface area contributed by atoms with Crippen LogP contribution in [-0.4, -0.2) is 62.1 Å². The summed E-state index contributed by atoms with van der Waals surface area (Å²) in [5.41, 5.74) is 2.12. The first-order valence-electron chi connectivity index (χ1n) is 12.8. The molecule has 4 amide bonds. The molecule has 40 heavy (non-hydrogen) atoms. The van der Waals surface area contributed by atoms with Crippen LogP contribution < -0.4 is 19.7 Å². The molecule has 0 aromatic heterocycles. The lowest BCUT2D eigenvalue weighted by Gasteiger charge is -2.22. The molecule has 0 radical (unpaired) electrons. The minimum absolute atomic E-state index is 0.204. The van der Waals surface area contributed by atoms with Crippen LogP contribution in [0.25, 0.3) is 0 Å². The highest BCUT2D eigenvalue weighted by molar-refractivity contribution is 6.22. The zero-order valence-corrected chi connectivity index (χ0v) is 22.6. The number of amides is 4. The van der Waals surface area contributed by atoms with Crippen LogP contribution in [0.3, 0.4) is 0 Å². The second-order valence-electron chi connectivity index (χ2n) is 8.99. The molecule has 1 atom stereocenters. The predicted molar refractivity (Wildman–Crippen MR) is 149 cm³/mol. The number of nitrogens with one attached hydrogen (secondary N) is 1. The van der Waals surface area contributed by atoms with Gasteiger partial charge in [-0.2, -0.15) is 0 Å². The van der Waals surface area contributed by atoms with E-state index in [9.17, 15) is 19.2 Å². The Morgan fingerprint density at radius 1 is 0.900 bits per heavy atom. The zero-order valence-electron chi connectivity index (χ0n) is 22.6. The van der Waals surface area contributed by atoms with Gasteiger partial charge in [-0.05, 0) is 67.4 Å². The van der Waals surface area contributed by atoms with Gasteiger partial charge in [0.25, 0.3) is 5.91 Å². The first-order valence-corrected chi connectivity index (χ1v) is 12.8. The Labute approximate surface area is 232 Å². The van der Waals surface area contributed by atoms with Gasteiger partial charge >= 0.3 is 12.0 Å². The van der Waals surface area contributed by atoms with Crippen LogP contribution in [0.1, 0.15) is 29.3 Å². The number of rotatable bonds is 11. The molecule has 208 valence electrons. The Kier molecular flexibility index (Phi) is 9.00. The van der Waals surface area contributed by atoms with Crippen molar-refractivity contribution < 1.29 is 33.4 Å². The molecule has 10 heteroatoms. The second-order valence-corrected chi connectivity index (χ2v) is 8.99. The fourth-order valence-corrected chi connectivity index (χ4v) is 4.48. The van der Waals surface area contributed by atoms with Crippen LogP contribution in [0.2, 0.25) is 0 Å². The monoisotopic (exact) mass is 545 g/mol. The molecule has 3 aromatic rings. The van der Waals surface area contributed by atoms with E-state index in [0.29, 0.717) is 34.9 Å². The zero-order chi connectivity index (χ0) is 28.6. The average Bonchev–Trinajstić information content (AvgIpc) is 3.20. The molecule has 1 aliphatic rings. The standard InChI is InChI=1S/C30H31N3O7/c1-4-40-29(36)21-11-13-22(14-12-21)31-27(34)19-24-28(35)33(23-8-6-5-7-9-23)30(37)32(24)17-16-20-10-15-25(38-2)26(18-20)39-3/h5-15,18,24H,4,16-17,19H2,1-3H3,(H,31,34)/t24-/m0/s1. The average molecular weight is 546 g/mol. The number of carbonyl (C=O) groups excluding carboxylic acids is 4. The molecule has 0 spiro atoms. The van der Waals surface area contributed by atoms with Crippen molar-refractivity contribution in [2.24, 2.45) is 0 Å². The molecule has 0 unspecified atom stereocenters. The Balaban J connectivity index is 1.51. The molecule has 4 rings (SSSR count). The van der Waals surface area contributed by atoms with E-state index < -0.39 is 29.9 Å². The first kappa shape index (κ1) is 28.2. The van der Waals surface area contributed by atoms with Crippen LogP contribution in [0.4, 0.5) is 16.2 Å². The lowest BCUT2D eigenvalue weighted by Crippen LogP contribution is -2.39. The third-order valence-corrected chi connectivity index (χ3v) is 6.48. The maximum atomic E-state index is 13.5. The number of hydrogen-bond donors (Lipinski definition) is 1. The van der Waals surface area contributed by atoms with Gasteiger partial charge in [0.05, 0.1) is 38.5 Å². The normalized spacial score (nSPS) is 14.7. The number of ether oxygens (including phenoxy) is 3. The molecular formula is C30H31N3O7. The number of carbonyl (C=O) groups is 4. The van der Waals surface area contributed by atoms with Crippen LogP contribution in [0.15, 0.2) is 72.8 Å². The van der Waals surface area contributed by atoms with Gasteiger partial charge in [0.15, 0.2) is 11.5 Å². The molecule has 0 saturated carbocycles. The first-order chi connectivity index (χ1) is 19.4. The summed E-state index contributed by atoms with van der Waals surface area (Å²) >= 11 is 0. The smallest absolute Gasteiger partial charge is 0.338 e. The minimum atomic E-state index is -0.994. The van der Waals surface area contributed by atoms with Crippen LogP contribution >= 0.6 is 0 Å². The van der Waals surface area contributed by atoms with Crippen molar-refractivity contribution >= 4 is 35.2 Å². The maximum Gasteiger partial charge on any atom is 0.338 e. The molecule has 10 nitrogen and oxygen atoms in total. The van der Waals surface area contributed by atoms with Crippen molar-refractivity contribution in [3.63, 3.8) is 0 Å². The number of urea groups is 1. The number of para-hydroxylation sites is 1. The van der Waals surface area contributed by atoms with Crippen molar-refractivity contribution in [3.8, 4) is 11.5 Å². The summed E-state index contributed by atoms with van der Waals surface area (Å²) in [5, 5.41) is 2.75. The SMILES string of the molecule is CCOC(=O)c1ccc(NC(=O)C[C@H]2C(=O)N(c3ccccc3)C(=O)N2CCc2ccc(OC)c(OC)c2)cc1. The highest BCUT2D eigenvalue weighted by atomic mass is 16.5. The van der Waals surface area contributed by atoms with Crippen LogP contribution in [0.5, 0.6) is 11.5 Å². The van der Waals surface area contributed by atoms with Gasteiger partial charge in [-0.15, -0.1) is 0 Å². The number of hydrogen-bond acceptors (Lipinski definition) is 7. The minimum Gasteiger partial charge on any atom is -0.493 e. The maximum absolute atomic E-state index is 13.5. The predicted octanol–water partition coefficient (Wildman–Crippen LogP) is 4.29. The van der Waals surface area contributed by atoms with E-state index >= 15 is 0 Å². The Bertz CT molecular complexity index is 1380. The van der Waals surface area contributed by atoms with E-state index in [1.807, 2.05) is 12.1 Å². The molecule has 0 bridgehead atoms.